The number of hydrogen-bond acceptors (Lipinski definition) is 5. The van der Waals surface area contributed by atoms with E-state index in [-0.39, 0.29) is 12.4 Å². The van der Waals surface area contributed by atoms with E-state index in [0.717, 1.165) is 0 Å². The molecule has 0 aliphatic carbocycles. The van der Waals surface area contributed by atoms with Gasteiger partial charge in [0.1, 0.15) is 18.1 Å². The number of ether oxygens (including phenoxy) is 1. The van der Waals surface area contributed by atoms with Gasteiger partial charge in [-0.05, 0) is 12.1 Å². The molecule has 1 aromatic heterocycles. The van der Waals surface area contributed by atoms with Crippen molar-refractivity contribution < 1.29 is 13.2 Å². The number of nitrogens with one attached hydrogen (secondary N) is 2. The fourth-order valence-electron chi connectivity index (χ4n) is 1.41. The molecule has 0 saturated carbocycles. The van der Waals surface area contributed by atoms with E-state index >= 15 is 0 Å². The van der Waals surface area contributed by atoms with Crippen LogP contribution in [0.1, 0.15) is 0 Å². The highest BCUT2D eigenvalue weighted by Crippen LogP contribution is 2.14. The second-order valence-electron chi connectivity index (χ2n) is 3.83. The zero-order chi connectivity index (χ0) is 13.7. The zero-order valence-corrected chi connectivity index (χ0v) is 10.9. The van der Waals surface area contributed by atoms with Gasteiger partial charge in [-0.15, -0.1) is 0 Å². The second kappa shape index (κ2) is 5.61. The molecule has 0 atom stereocenters. The minimum absolute atomic E-state index is 0.0383. The fourth-order valence-corrected chi connectivity index (χ4v) is 2.29. The van der Waals surface area contributed by atoms with Gasteiger partial charge in [0.05, 0.1) is 11.9 Å². The largest absolute Gasteiger partial charge is 0.492 e. The predicted molar refractivity (Wildman–Crippen MR) is 72.3 cm³/mol. The van der Waals surface area contributed by atoms with Crippen LogP contribution in [0, 0.1) is 0 Å². The third-order valence-electron chi connectivity index (χ3n) is 2.25. The zero-order valence-electron chi connectivity index (χ0n) is 10.0. The molecule has 102 valence electrons. The van der Waals surface area contributed by atoms with Crippen molar-refractivity contribution in [2.45, 2.75) is 0 Å². The molecule has 0 radical (unpaired) electrons. The Hall–Kier alpha value is -2.22. The summed E-state index contributed by atoms with van der Waals surface area (Å²) >= 11 is 0. The number of rotatable bonds is 6. The predicted octanol–water partition coefficient (Wildman–Crippen LogP) is 0.813. The minimum atomic E-state index is -3.45. The highest BCUT2D eigenvalue weighted by atomic mass is 32.2. The summed E-state index contributed by atoms with van der Waals surface area (Å²) in [6, 6.07) is 6.82. The summed E-state index contributed by atoms with van der Waals surface area (Å²) in [6.07, 6.45) is 2.84. The number of hydrogen-bond donors (Lipinski definition) is 3. The quantitative estimate of drug-likeness (QED) is 0.679. The van der Waals surface area contributed by atoms with Crippen LogP contribution in [-0.2, 0) is 10.0 Å². The summed E-state index contributed by atoms with van der Waals surface area (Å²) in [4.78, 5) is 0. The van der Waals surface area contributed by atoms with Gasteiger partial charge in [-0.3, -0.25) is 9.82 Å². The summed E-state index contributed by atoms with van der Waals surface area (Å²) in [7, 11) is -3.45. The first-order chi connectivity index (χ1) is 9.05. The Morgan fingerprint density at radius 2 is 2.26 bits per heavy atom. The summed E-state index contributed by atoms with van der Waals surface area (Å²) in [6.45, 7) is 0.0383. The van der Waals surface area contributed by atoms with E-state index in [2.05, 4.69) is 14.9 Å². The fraction of sp³-hybridized carbons (Fsp3) is 0.182. The number of anilines is 2. The van der Waals surface area contributed by atoms with Crippen molar-refractivity contribution in [3.63, 3.8) is 0 Å². The molecule has 2 aromatic rings. The van der Waals surface area contributed by atoms with Crippen LogP contribution in [0.2, 0.25) is 0 Å². The van der Waals surface area contributed by atoms with E-state index in [0.29, 0.717) is 17.1 Å². The molecule has 1 heterocycles. The monoisotopic (exact) mass is 282 g/mol. The lowest BCUT2D eigenvalue weighted by Crippen LogP contribution is -2.21. The molecule has 0 saturated heterocycles. The van der Waals surface area contributed by atoms with Gasteiger partial charge in [-0.1, -0.05) is 6.07 Å². The average Bonchev–Trinajstić information content (AvgIpc) is 2.80. The molecule has 2 rings (SSSR count). The summed E-state index contributed by atoms with van der Waals surface area (Å²) in [5.41, 5.74) is 6.54. The smallest absolute Gasteiger partial charge is 0.236 e. The van der Waals surface area contributed by atoms with Crippen molar-refractivity contribution in [2.75, 3.05) is 22.8 Å². The minimum Gasteiger partial charge on any atom is -0.492 e. The molecule has 0 fully saturated rings. The number of aromatic amines is 1. The first-order valence-electron chi connectivity index (χ1n) is 5.53. The third-order valence-corrected chi connectivity index (χ3v) is 3.50. The molecular formula is C11H14N4O3S. The van der Waals surface area contributed by atoms with Crippen LogP contribution in [-0.4, -0.2) is 31.0 Å². The number of aromatic nitrogens is 2. The first-order valence-corrected chi connectivity index (χ1v) is 7.18. The van der Waals surface area contributed by atoms with Gasteiger partial charge in [0, 0.05) is 18.0 Å². The lowest BCUT2D eigenvalue weighted by molar-refractivity contribution is 0.341. The maximum absolute atomic E-state index is 11.7. The van der Waals surface area contributed by atoms with E-state index in [1.807, 2.05) is 0 Å². The highest BCUT2D eigenvalue weighted by molar-refractivity contribution is 7.92. The Balaban J connectivity index is 1.85. The number of benzene rings is 1. The van der Waals surface area contributed by atoms with Gasteiger partial charge in [0.15, 0.2) is 0 Å². The molecule has 0 aliphatic heterocycles. The Bertz CT molecular complexity index is 625. The Morgan fingerprint density at radius 1 is 1.42 bits per heavy atom. The molecule has 0 unspecified atom stereocenters. The number of nitrogen functional groups attached to an aromatic ring is 1. The van der Waals surface area contributed by atoms with Gasteiger partial charge in [0.2, 0.25) is 10.0 Å². The van der Waals surface area contributed by atoms with Crippen LogP contribution < -0.4 is 15.2 Å². The van der Waals surface area contributed by atoms with Gasteiger partial charge < -0.3 is 10.5 Å². The number of sulfonamides is 1. The topological polar surface area (TPSA) is 110 Å². The van der Waals surface area contributed by atoms with Crippen LogP contribution in [0.25, 0.3) is 0 Å². The van der Waals surface area contributed by atoms with Crippen LogP contribution in [0.5, 0.6) is 5.75 Å². The molecular weight excluding hydrogens is 268 g/mol. The molecule has 1 aromatic carbocycles. The summed E-state index contributed by atoms with van der Waals surface area (Å²) in [5.74, 6) is 0.381. The van der Waals surface area contributed by atoms with Crippen LogP contribution in [0.15, 0.2) is 36.7 Å². The van der Waals surface area contributed by atoms with Crippen molar-refractivity contribution in [1.82, 2.24) is 10.2 Å². The molecule has 8 heteroatoms. The molecule has 0 amide bonds. The molecule has 19 heavy (non-hydrogen) atoms. The van der Waals surface area contributed by atoms with Crippen molar-refractivity contribution in [3.8, 4) is 5.75 Å². The SMILES string of the molecule is Nc1cccc(OCCS(=O)(=O)Nc2cn[nH]c2)c1. The summed E-state index contributed by atoms with van der Waals surface area (Å²) in [5, 5.41) is 6.17. The Morgan fingerprint density at radius 3 is 2.95 bits per heavy atom. The van der Waals surface area contributed by atoms with Gasteiger partial charge in [-0.2, -0.15) is 5.10 Å². The lowest BCUT2D eigenvalue weighted by atomic mass is 10.3. The highest BCUT2D eigenvalue weighted by Gasteiger charge is 2.11. The number of H-pyrrole nitrogens is 1. The van der Waals surface area contributed by atoms with Crippen molar-refractivity contribution >= 4 is 21.4 Å². The maximum atomic E-state index is 11.7. The van der Waals surface area contributed by atoms with Crippen molar-refractivity contribution in [2.24, 2.45) is 0 Å². The number of nitrogens with zero attached hydrogens (tertiary/aromatic N) is 1. The van der Waals surface area contributed by atoms with Gasteiger partial charge in [0.25, 0.3) is 0 Å². The van der Waals surface area contributed by atoms with E-state index in [1.54, 1.807) is 24.3 Å². The lowest BCUT2D eigenvalue weighted by Gasteiger charge is -2.08. The van der Waals surface area contributed by atoms with Crippen molar-refractivity contribution in [3.05, 3.63) is 36.7 Å². The van der Waals surface area contributed by atoms with E-state index in [9.17, 15) is 8.42 Å². The summed E-state index contributed by atoms with van der Waals surface area (Å²) < 4.78 is 31.1. The normalized spacial score (nSPS) is 11.2. The van der Waals surface area contributed by atoms with E-state index in [1.165, 1.54) is 12.4 Å². The Kier molecular flexibility index (Phi) is 3.91. The molecule has 0 spiro atoms. The number of nitrogens with two attached hydrogens (primary N) is 1. The Labute approximate surface area is 110 Å². The molecule has 7 nitrogen and oxygen atoms in total. The van der Waals surface area contributed by atoms with E-state index < -0.39 is 10.0 Å². The van der Waals surface area contributed by atoms with Crippen LogP contribution >= 0.6 is 0 Å². The van der Waals surface area contributed by atoms with Crippen LogP contribution in [0.3, 0.4) is 0 Å². The standard InChI is InChI=1S/C11H14N4O3S/c12-9-2-1-3-11(6-9)18-4-5-19(16,17)15-10-7-13-14-8-10/h1-3,6-8,15H,4-5,12H2,(H,13,14). The third kappa shape index (κ3) is 4.18. The van der Waals surface area contributed by atoms with Gasteiger partial charge in [-0.25, -0.2) is 8.42 Å². The van der Waals surface area contributed by atoms with Crippen LogP contribution in [0.4, 0.5) is 11.4 Å². The molecule has 0 bridgehead atoms. The average molecular weight is 282 g/mol. The van der Waals surface area contributed by atoms with E-state index in [4.69, 9.17) is 10.5 Å². The second-order valence-corrected chi connectivity index (χ2v) is 5.67. The maximum Gasteiger partial charge on any atom is 0.236 e. The molecule has 0 aliphatic rings. The first kappa shape index (κ1) is 13.2. The molecule has 4 N–H and O–H groups in total. The van der Waals surface area contributed by atoms with Crippen molar-refractivity contribution in [1.29, 1.82) is 0 Å². The van der Waals surface area contributed by atoms with Gasteiger partial charge >= 0.3 is 0 Å².